The fourth-order valence-corrected chi connectivity index (χ4v) is 5.39. The standard InChI is InChI=1S/C28H44N2O5/c1-25(2,3)20-17-19(18-21(23(20)32)26(4,5)6)11-12-22(31)29-15-16-30-24(33)35-28(27(30,7)34)13-9-8-10-14-28/h17-18,32,34H,8-16H2,1-7H3,(H,29,31)/t27-/m0/s1. The van der Waals surface area contributed by atoms with E-state index in [2.05, 4.69) is 46.9 Å². The number of phenolic OH excluding ortho intramolecular Hbond substituents is 1. The van der Waals surface area contributed by atoms with E-state index in [-0.39, 0.29) is 29.8 Å². The van der Waals surface area contributed by atoms with Crippen molar-refractivity contribution in [3.05, 3.63) is 28.8 Å². The maximum Gasteiger partial charge on any atom is 0.412 e. The SMILES string of the molecule is CC(C)(C)c1cc(CCC(=O)NCCN2C(=O)OC3(CCCCC3)[C@]2(C)O)cc(C(C)(C)C)c1O. The van der Waals surface area contributed by atoms with Crippen LogP contribution in [0.4, 0.5) is 4.79 Å². The third-order valence-electron chi connectivity index (χ3n) is 7.64. The summed E-state index contributed by atoms with van der Waals surface area (Å²) in [5.74, 6) is 0.214. The molecule has 1 heterocycles. The molecule has 7 nitrogen and oxygen atoms in total. The molecule has 1 spiro atoms. The van der Waals surface area contributed by atoms with Crippen LogP contribution in [0.15, 0.2) is 12.1 Å². The minimum Gasteiger partial charge on any atom is -0.507 e. The smallest absolute Gasteiger partial charge is 0.412 e. The fourth-order valence-electron chi connectivity index (χ4n) is 5.39. The Hall–Kier alpha value is -2.28. The van der Waals surface area contributed by atoms with Crippen molar-refractivity contribution >= 4 is 12.0 Å². The van der Waals surface area contributed by atoms with Crippen molar-refractivity contribution in [3.8, 4) is 5.75 Å². The first-order chi connectivity index (χ1) is 16.1. The number of carbonyl (C=O) groups excluding carboxylic acids is 2. The fraction of sp³-hybridized carbons (Fsp3) is 0.714. The Bertz CT molecular complexity index is 914. The van der Waals surface area contributed by atoms with Gasteiger partial charge in [-0.25, -0.2) is 4.79 Å². The number of amides is 2. The highest BCUT2D eigenvalue weighted by molar-refractivity contribution is 5.76. The topological polar surface area (TPSA) is 99.1 Å². The molecule has 196 valence electrons. The quantitative estimate of drug-likeness (QED) is 0.529. The summed E-state index contributed by atoms with van der Waals surface area (Å²) < 4.78 is 5.67. The Morgan fingerprint density at radius 3 is 2.11 bits per heavy atom. The minimum absolute atomic E-state index is 0.118. The Kier molecular flexibility index (Phi) is 7.52. The molecule has 1 aromatic carbocycles. The summed E-state index contributed by atoms with van der Waals surface area (Å²) in [5, 5.41) is 24.9. The van der Waals surface area contributed by atoms with Crippen LogP contribution in [0.3, 0.4) is 0 Å². The molecule has 1 saturated heterocycles. The van der Waals surface area contributed by atoms with Gasteiger partial charge in [0.1, 0.15) is 5.75 Å². The van der Waals surface area contributed by atoms with Crippen LogP contribution in [0, 0.1) is 0 Å². The zero-order valence-corrected chi connectivity index (χ0v) is 22.6. The zero-order chi connectivity index (χ0) is 26.2. The number of carbonyl (C=O) groups is 2. The average Bonchev–Trinajstić information content (AvgIpc) is 2.91. The van der Waals surface area contributed by atoms with Crippen LogP contribution in [0.5, 0.6) is 5.75 Å². The zero-order valence-electron chi connectivity index (χ0n) is 22.6. The molecular formula is C28H44N2O5. The number of ether oxygens (including phenoxy) is 1. The second-order valence-electron chi connectivity index (χ2n) is 12.5. The number of aryl methyl sites for hydroxylation is 1. The van der Waals surface area contributed by atoms with Gasteiger partial charge in [-0.15, -0.1) is 0 Å². The van der Waals surface area contributed by atoms with Crippen molar-refractivity contribution in [3.63, 3.8) is 0 Å². The van der Waals surface area contributed by atoms with E-state index in [0.29, 0.717) is 31.4 Å². The van der Waals surface area contributed by atoms with Crippen molar-refractivity contribution in [1.82, 2.24) is 10.2 Å². The van der Waals surface area contributed by atoms with E-state index in [1.165, 1.54) is 4.90 Å². The van der Waals surface area contributed by atoms with Crippen LogP contribution in [-0.4, -0.2) is 51.5 Å². The monoisotopic (exact) mass is 488 g/mol. The maximum atomic E-state index is 12.6. The average molecular weight is 489 g/mol. The Morgan fingerprint density at radius 2 is 1.60 bits per heavy atom. The number of hydrogen-bond donors (Lipinski definition) is 3. The highest BCUT2D eigenvalue weighted by Gasteiger charge is 2.61. The molecule has 35 heavy (non-hydrogen) atoms. The number of benzene rings is 1. The van der Waals surface area contributed by atoms with Gasteiger partial charge < -0.3 is 20.3 Å². The Labute approximate surface area is 210 Å². The van der Waals surface area contributed by atoms with Gasteiger partial charge in [0.05, 0.1) is 0 Å². The summed E-state index contributed by atoms with van der Waals surface area (Å²) in [6.07, 6.45) is 4.59. The molecule has 0 unspecified atom stereocenters. The van der Waals surface area contributed by atoms with E-state index in [9.17, 15) is 19.8 Å². The number of hydrogen-bond acceptors (Lipinski definition) is 5. The van der Waals surface area contributed by atoms with Crippen LogP contribution in [0.1, 0.15) is 104 Å². The number of nitrogens with one attached hydrogen (secondary N) is 1. The largest absolute Gasteiger partial charge is 0.507 e. The summed E-state index contributed by atoms with van der Waals surface area (Å²) in [4.78, 5) is 26.5. The van der Waals surface area contributed by atoms with E-state index in [1.54, 1.807) is 6.92 Å². The van der Waals surface area contributed by atoms with Crippen LogP contribution < -0.4 is 5.32 Å². The van der Waals surface area contributed by atoms with Crippen molar-refractivity contribution in [1.29, 1.82) is 0 Å². The van der Waals surface area contributed by atoms with Gasteiger partial charge in [0.2, 0.25) is 5.91 Å². The third kappa shape index (κ3) is 5.60. The molecular weight excluding hydrogens is 444 g/mol. The predicted octanol–water partition coefficient (Wildman–Crippen LogP) is 4.90. The molecule has 7 heteroatoms. The second kappa shape index (κ2) is 9.64. The van der Waals surface area contributed by atoms with Gasteiger partial charge in [-0.3, -0.25) is 9.69 Å². The maximum absolute atomic E-state index is 12.6. The van der Waals surface area contributed by atoms with E-state index >= 15 is 0 Å². The lowest BCUT2D eigenvalue weighted by molar-refractivity contribution is -0.158. The van der Waals surface area contributed by atoms with Gasteiger partial charge in [0.25, 0.3) is 0 Å². The molecule has 1 saturated carbocycles. The first-order valence-corrected chi connectivity index (χ1v) is 12.9. The predicted molar refractivity (Wildman–Crippen MR) is 136 cm³/mol. The van der Waals surface area contributed by atoms with E-state index < -0.39 is 17.4 Å². The van der Waals surface area contributed by atoms with Crippen LogP contribution in [0.2, 0.25) is 0 Å². The summed E-state index contributed by atoms with van der Waals surface area (Å²) in [5.41, 5.74) is 0.101. The molecule has 2 fully saturated rings. The number of rotatable bonds is 6. The molecule has 0 aromatic heterocycles. The minimum atomic E-state index is -1.38. The first-order valence-electron chi connectivity index (χ1n) is 12.9. The van der Waals surface area contributed by atoms with Gasteiger partial charge in [-0.05, 0) is 66.5 Å². The summed E-state index contributed by atoms with van der Waals surface area (Å²) >= 11 is 0. The van der Waals surface area contributed by atoms with Crippen LogP contribution >= 0.6 is 0 Å². The van der Waals surface area contributed by atoms with Gasteiger partial charge in [0, 0.05) is 19.5 Å². The van der Waals surface area contributed by atoms with E-state index in [4.69, 9.17) is 4.74 Å². The van der Waals surface area contributed by atoms with Crippen molar-refractivity contribution in [2.75, 3.05) is 13.1 Å². The lowest BCUT2D eigenvalue weighted by Gasteiger charge is -2.42. The molecule has 1 aliphatic heterocycles. The van der Waals surface area contributed by atoms with Gasteiger partial charge >= 0.3 is 6.09 Å². The van der Waals surface area contributed by atoms with E-state index in [0.717, 1.165) is 36.0 Å². The van der Waals surface area contributed by atoms with Crippen molar-refractivity contribution in [2.24, 2.45) is 0 Å². The summed E-state index contributed by atoms with van der Waals surface area (Å²) in [7, 11) is 0. The van der Waals surface area contributed by atoms with Gasteiger partial charge in [-0.2, -0.15) is 0 Å². The number of phenols is 1. The van der Waals surface area contributed by atoms with Gasteiger partial charge in [0.15, 0.2) is 11.3 Å². The van der Waals surface area contributed by atoms with Crippen LogP contribution in [0.25, 0.3) is 0 Å². The molecule has 1 atom stereocenters. The van der Waals surface area contributed by atoms with Crippen molar-refractivity contribution < 1.29 is 24.5 Å². The summed E-state index contributed by atoms with van der Waals surface area (Å²) in [6, 6.07) is 4.00. The molecule has 1 aliphatic carbocycles. The van der Waals surface area contributed by atoms with Gasteiger partial charge in [-0.1, -0.05) is 60.1 Å². The Morgan fingerprint density at radius 1 is 1.06 bits per heavy atom. The highest BCUT2D eigenvalue weighted by atomic mass is 16.6. The van der Waals surface area contributed by atoms with E-state index in [1.807, 2.05) is 12.1 Å². The second-order valence-corrected chi connectivity index (χ2v) is 12.5. The number of nitrogens with zero attached hydrogens (tertiary/aromatic N) is 1. The lowest BCUT2D eigenvalue weighted by Crippen LogP contribution is -2.58. The molecule has 2 aliphatic rings. The lowest BCUT2D eigenvalue weighted by atomic mass is 9.77. The third-order valence-corrected chi connectivity index (χ3v) is 7.64. The Balaban J connectivity index is 1.60. The number of aromatic hydroxyl groups is 1. The number of aliphatic hydroxyl groups is 1. The van der Waals surface area contributed by atoms with Crippen molar-refractivity contribution in [2.45, 2.75) is 116 Å². The molecule has 3 N–H and O–H groups in total. The molecule has 1 aromatic rings. The summed E-state index contributed by atoms with van der Waals surface area (Å²) in [6.45, 7) is 14.5. The normalized spacial score (nSPS) is 22.4. The molecule has 0 radical (unpaired) electrons. The first kappa shape index (κ1) is 27.3. The highest BCUT2D eigenvalue weighted by Crippen LogP contribution is 2.46. The van der Waals surface area contributed by atoms with Crippen LogP contribution in [-0.2, 0) is 26.8 Å². The molecule has 3 rings (SSSR count). The molecule has 2 amide bonds. The molecule has 0 bridgehead atoms.